The van der Waals surface area contributed by atoms with Gasteiger partial charge in [-0.05, 0) is 24.6 Å². The van der Waals surface area contributed by atoms with Crippen molar-refractivity contribution in [2.45, 2.75) is 25.1 Å². The highest BCUT2D eigenvalue weighted by Crippen LogP contribution is 2.63. The second-order valence-corrected chi connectivity index (χ2v) is 3.73. The Kier molecular flexibility index (Phi) is 1.05. The molecule has 1 aliphatic carbocycles. The van der Waals surface area contributed by atoms with Crippen molar-refractivity contribution in [1.82, 2.24) is 0 Å². The van der Waals surface area contributed by atoms with Crippen LogP contribution in [0.3, 0.4) is 0 Å². The van der Waals surface area contributed by atoms with E-state index in [9.17, 15) is 8.78 Å². The lowest BCUT2D eigenvalue weighted by atomic mass is 10.0. The molecule has 1 aromatic carbocycles. The molecular weight excluding hydrogens is 174 g/mol. The first-order valence-electron chi connectivity index (χ1n) is 4.29. The molecule has 0 aromatic heterocycles. The number of rotatable bonds is 0. The standard InChI is InChI=1S/C10H8F2O/c1-5-7(11)2-3-8-9(5)6-4-10(6,12)13-8/h2-3,6H,4H2,1H3/t6-,10-/m1/s1. The number of alkyl halides is 1. The van der Waals surface area contributed by atoms with E-state index in [-0.39, 0.29) is 11.7 Å². The molecule has 3 rings (SSSR count). The molecule has 0 bridgehead atoms. The van der Waals surface area contributed by atoms with Crippen LogP contribution in [0.25, 0.3) is 0 Å². The van der Waals surface area contributed by atoms with Crippen molar-refractivity contribution in [1.29, 1.82) is 0 Å². The summed E-state index contributed by atoms with van der Waals surface area (Å²) in [5.74, 6) is -1.50. The molecule has 1 saturated carbocycles. The summed E-state index contributed by atoms with van der Waals surface area (Å²) in [4.78, 5) is 0. The lowest BCUT2D eigenvalue weighted by Crippen LogP contribution is -2.06. The van der Waals surface area contributed by atoms with Crippen LogP contribution >= 0.6 is 0 Å². The quantitative estimate of drug-likeness (QED) is 0.599. The highest BCUT2D eigenvalue weighted by molar-refractivity contribution is 5.52. The summed E-state index contributed by atoms with van der Waals surface area (Å²) in [5, 5.41) is 0. The Morgan fingerprint density at radius 2 is 2.31 bits per heavy atom. The topological polar surface area (TPSA) is 9.23 Å². The van der Waals surface area contributed by atoms with Crippen LogP contribution in [0.1, 0.15) is 23.5 Å². The molecule has 0 amide bonds. The van der Waals surface area contributed by atoms with E-state index in [1.807, 2.05) is 0 Å². The highest BCUT2D eigenvalue weighted by Gasteiger charge is 2.65. The minimum atomic E-state index is -1.51. The van der Waals surface area contributed by atoms with Gasteiger partial charge in [0.1, 0.15) is 11.6 Å². The van der Waals surface area contributed by atoms with Gasteiger partial charge in [0.05, 0.1) is 5.92 Å². The molecule has 1 nitrogen and oxygen atoms in total. The first-order chi connectivity index (χ1) is 6.12. The molecule has 3 heteroatoms. The van der Waals surface area contributed by atoms with Gasteiger partial charge in [-0.3, -0.25) is 0 Å². The predicted molar refractivity (Wildman–Crippen MR) is 43.0 cm³/mol. The van der Waals surface area contributed by atoms with Crippen molar-refractivity contribution in [2.24, 2.45) is 0 Å². The Morgan fingerprint density at radius 1 is 1.54 bits per heavy atom. The van der Waals surface area contributed by atoms with Gasteiger partial charge in [0.25, 0.3) is 5.85 Å². The summed E-state index contributed by atoms with van der Waals surface area (Å²) in [6, 6.07) is 2.83. The summed E-state index contributed by atoms with van der Waals surface area (Å²) in [7, 11) is 0. The monoisotopic (exact) mass is 182 g/mol. The Morgan fingerprint density at radius 3 is 3.08 bits per heavy atom. The second-order valence-electron chi connectivity index (χ2n) is 3.73. The third-order valence-corrected chi connectivity index (χ3v) is 2.88. The molecule has 1 aromatic rings. The molecule has 1 aliphatic heterocycles. The van der Waals surface area contributed by atoms with E-state index in [1.54, 1.807) is 6.92 Å². The maximum Gasteiger partial charge on any atom is 0.256 e. The summed E-state index contributed by atoms with van der Waals surface area (Å²) in [6.45, 7) is 1.67. The van der Waals surface area contributed by atoms with Crippen molar-refractivity contribution in [3.8, 4) is 5.75 Å². The van der Waals surface area contributed by atoms with E-state index in [2.05, 4.69) is 0 Å². The molecule has 2 atom stereocenters. The van der Waals surface area contributed by atoms with Gasteiger partial charge in [-0.25, -0.2) is 4.39 Å². The van der Waals surface area contributed by atoms with Crippen molar-refractivity contribution in [2.75, 3.05) is 0 Å². The Balaban J connectivity index is 2.23. The van der Waals surface area contributed by atoms with Crippen LogP contribution in [0.4, 0.5) is 8.78 Å². The molecule has 68 valence electrons. The zero-order chi connectivity index (χ0) is 9.22. The minimum Gasteiger partial charge on any atom is -0.457 e. The number of fused-ring (bicyclic) bond motifs is 3. The van der Waals surface area contributed by atoms with E-state index >= 15 is 0 Å². The van der Waals surface area contributed by atoms with Crippen LogP contribution < -0.4 is 4.74 Å². The molecule has 1 fully saturated rings. The number of hydrogen-bond acceptors (Lipinski definition) is 1. The predicted octanol–water partition coefficient (Wildman–Crippen LogP) is 2.68. The second kappa shape index (κ2) is 1.86. The minimum absolute atomic E-state index is 0.224. The number of ether oxygens (including phenoxy) is 1. The van der Waals surface area contributed by atoms with E-state index < -0.39 is 5.85 Å². The van der Waals surface area contributed by atoms with E-state index in [4.69, 9.17) is 4.74 Å². The first kappa shape index (κ1) is 7.30. The summed E-state index contributed by atoms with van der Waals surface area (Å²) < 4.78 is 31.6. The Hall–Kier alpha value is -1.12. The number of benzene rings is 1. The fraction of sp³-hybridized carbons (Fsp3) is 0.400. The third-order valence-electron chi connectivity index (χ3n) is 2.88. The zero-order valence-corrected chi connectivity index (χ0v) is 7.10. The lowest BCUT2D eigenvalue weighted by Gasteiger charge is -2.07. The number of hydrogen-bond donors (Lipinski definition) is 0. The highest BCUT2D eigenvalue weighted by atomic mass is 19.2. The molecule has 0 spiro atoms. The fourth-order valence-electron chi connectivity index (χ4n) is 2.03. The van der Waals surface area contributed by atoms with Gasteiger partial charge in [0.2, 0.25) is 0 Å². The molecule has 13 heavy (non-hydrogen) atoms. The maximum absolute atomic E-state index is 13.4. The lowest BCUT2D eigenvalue weighted by molar-refractivity contribution is 0.0487. The molecule has 0 unspecified atom stereocenters. The van der Waals surface area contributed by atoms with E-state index in [1.165, 1.54) is 12.1 Å². The van der Waals surface area contributed by atoms with Gasteiger partial charge in [0, 0.05) is 12.0 Å². The average molecular weight is 182 g/mol. The van der Waals surface area contributed by atoms with Gasteiger partial charge in [-0.15, -0.1) is 0 Å². The van der Waals surface area contributed by atoms with E-state index in [0.717, 1.165) is 5.56 Å². The molecule has 2 aliphatic rings. The van der Waals surface area contributed by atoms with Gasteiger partial charge in [0.15, 0.2) is 0 Å². The molecule has 0 N–H and O–H groups in total. The van der Waals surface area contributed by atoms with Gasteiger partial charge in [-0.1, -0.05) is 0 Å². The maximum atomic E-state index is 13.4. The fourth-order valence-corrected chi connectivity index (χ4v) is 2.03. The third kappa shape index (κ3) is 0.747. The normalized spacial score (nSPS) is 33.6. The van der Waals surface area contributed by atoms with Crippen molar-refractivity contribution in [3.05, 3.63) is 29.1 Å². The SMILES string of the molecule is Cc1c(F)ccc2c1[C@H]1C[C@@]1(F)O2. The Bertz CT molecular complexity index is 402. The molecule has 0 saturated heterocycles. The number of halogens is 2. The van der Waals surface area contributed by atoms with Crippen LogP contribution in [0, 0.1) is 12.7 Å². The van der Waals surface area contributed by atoms with Gasteiger partial charge < -0.3 is 4.74 Å². The first-order valence-corrected chi connectivity index (χ1v) is 4.29. The van der Waals surface area contributed by atoms with Gasteiger partial charge in [-0.2, -0.15) is 4.39 Å². The van der Waals surface area contributed by atoms with Crippen LogP contribution in [-0.2, 0) is 0 Å². The zero-order valence-electron chi connectivity index (χ0n) is 7.10. The molecule has 0 radical (unpaired) electrons. The van der Waals surface area contributed by atoms with E-state index in [0.29, 0.717) is 17.7 Å². The average Bonchev–Trinajstić information content (AvgIpc) is 2.63. The van der Waals surface area contributed by atoms with Crippen LogP contribution in [0.5, 0.6) is 5.75 Å². The molecular formula is C10H8F2O. The molecule has 1 heterocycles. The summed E-state index contributed by atoms with van der Waals surface area (Å²) in [6.07, 6.45) is 0.379. The van der Waals surface area contributed by atoms with Crippen molar-refractivity contribution >= 4 is 0 Å². The van der Waals surface area contributed by atoms with Crippen molar-refractivity contribution < 1.29 is 13.5 Å². The van der Waals surface area contributed by atoms with Crippen molar-refractivity contribution in [3.63, 3.8) is 0 Å². The Labute approximate surface area is 74.3 Å². The van der Waals surface area contributed by atoms with Crippen LogP contribution in [0.2, 0.25) is 0 Å². The van der Waals surface area contributed by atoms with Gasteiger partial charge >= 0.3 is 0 Å². The van der Waals surface area contributed by atoms with Crippen LogP contribution in [0.15, 0.2) is 12.1 Å². The van der Waals surface area contributed by atoms with Crippen LogP contribution in [-0.4, -0.2) is 5.85 Å². The summed E-state index contributed by atoms with van der Waals surface area (Å²) >= 11 is 0. The summed E-state index contributed by atoms with van der Waals surface area (Å²) in [5.41, 5.74) is 1.25. The smallest absolute Gasteiger partial charge is 0.256 e. The largest absolute Gasteiger partial charge is 0.457 e.